The van der Waals surface area contributed by atoms with E-state index in [1.807, 2.05) is 23.7 Å². The fourth-order valence-corrected chi connectivity index (χ4v) is 3.04. The van der Waals surface area contributed by atoms with Crippen LogP contribution in [0.5, 0.6) is 0 Å². The number of thiophene rings is 1. The van der Waals surface area contributed by atoms with Crippen LogP contribution in [0.1, 0.15) is 17.7 Å². The van der Waals surface area contributed by atoms with Crippen molar-refractivity contribution in [2.24, 2.45) is 0 Å². The number of carbonyl (C=O) groups excluding carboxylic acids is 1. The molecule has 0 amide bonds. The van der Waals surface area contributed by atoms with E-state index in [0.29, 0.717) is 18.2 Å². The minimum atomic E-state index is 0.291. The zero-order valence-electron chi connectivity index (χ0n) is 8.93. The number of Topliss-reactive ketones (excluding diaryl/α,β-unsaturated/α-hetero) is 1. The minimum Gasteiger partial charge on any atom is -0.369 e. The van der Waals surface area contributed by atoms with Gasteiger partial charge in [-0.2, -0.15) is 0 Å². The van der Waals surface area contributed by atoms with Crippen LogP contribution in [0.25, 0.3) is 5.57 Å². The Bertz CT molecular complexity index is 458. The molecule has 1 unspecified atom stereocenters. The van der Waals surface area contributed by atoms with Gasteiger partial charge in [-0.05, 0) is 17.9 Å². The molecule has 1 atom stereocenters. The molecule has 0 aromatic carbocycles. The second kappa shape index (κ2) is 3.91. The monoisotopic (exact) mass is 231 g/mol. The van der Waals surface area contributed by atoms with Crippen LogP contribution in [-0.4, -0.2) is 23.3 Å². The lowest BCUT2D eigenvalue weighted by atomic mass is 9.94. The first kappa shape index (κ1) is 9.85. The highest BCUT2D eigenvalue weighted by atomic mass is 32.1. The molecule has 0 saturated carbocycles. The third-order valence-electron chi connectivity index (χ3n) is 3.16. The summed E-state index contributed by atoms with van der Waals surface area (Å²) in [5, 5.41) is 2.02. The van der Waals surface area contributed by atoms with E-state index >= 15 is 0 Å². The van der Waals surface area contributed by atoms with Gasteiger partial charge in [-0.1, -0.05) is 18.2 Å². The van der Waals surface area contributed by atoms with Crippen molar-refractivity contribution in [1.29, 1.82) is 0 Å². The molecule has 2 aliphatic heterocycles. The SMILES string of the molecule is O=C1CC2CC=CCN2C=C1c1cccs1. The summed E-state index contributed by atoms with van der Waals surface area (Å²) in [6, 6.07) is 4.41. The lowest BCUT2D eigenvalue weighted by Crippen LogP contribution is -2.38. The van der Waals surface area contributed by atoms with Crippen LogP contribution < -0.4 is 0 Å². The van der Waals surface area contributed by atoms with Gasteiger partial charge in [-0.15, -0.1) is 11.3 Å². The molecule has 3 heteroatoms. The maximum absolute atomic E-state index is 12.0. The summed E-state index contributed by atoms with van der Waals surface area (Å²) in [5.41, 5.74) is 0.890. The summed E-state index contributed by atoms with van der Waals surface area (Å²) in [5.74, 6) is 0.291. The third-order valence-corrected chi connectivity index (χ3v) is 4.07. The van der Waals surface area contributed by atoms with Crippen LogP contribution in [0.15, 0.2) is 35.9 Å². The van der Waals surface area contributed by atoms with Crippen molar-refractivity contribution in [3.63, 3.8) is 0 Å². The Kier molecular flexibility index (Phi) is 2.40. The van der Waals surface area contributed by atoms with Gasteiger partial charge in [0.15, 0.2) is 5.78 Å². The number of fused-ring (bicyclic) bond motifs is 1. The van der Waals surface area contributed by atoms with Gasteiger partial charge < -0.3 is 4.90 Å². The molecule has 0 radical (unpaired) electrons. The molecule has 2 aliphatic rings. The molecule has 3 heterocycles. The van der Waals surface area contributed by atoms with E-state index in [4.69, 9.17) is 0 Å². The van der Waals surface area contributed by atoms with Gasteiger partial charge in [0.05, 0.1) is 5.57 Å². The minimum absolute atomic E-state index is 0.291. The molecular weight excluding hydrogens is 218 g/mol. The smallest absolute Gasteiger partial charge is 0.167 e. The average molecular weight is 231 g/mol. The lowest BCUT2D eigenvalue weighted by Gasteiger charge is -2.35. The maximum Gasteiger partial charge on any atom is 0.167 e. The predicted molar refractivity (Wildman–Crippen MR) is 66.2 cm³/mol. The molecule has 0 bridgehead atoms. The molecule has 1 aromatic heterocycles. The van der Waals surface area contributed by atoms with Gasteiger partial charge in [0.1, 0.15) is 0 Å². The van der Waals surface area contributed by atoms with Crippen LogP contribution in [0.3, 0.4) is 0 Å². The van der Waals surface area contributed by atoms with Crippen LogP contribution in [0.2, 0.25) is 0 Å². The van der Waals surface area contributed by atoms with E-state index in [0.717, 1.165) is 23.4 Å². The average Bonchev–Trinajstić information content (AvgIpc) is 2.81. The molecule has 0 fully saturated rings. The lowest BCUT2D eigenvalue weighted by molar-refractivity contribution is -0.115. The number of carbonyl (C=O) groups is 1. The van der Waals surface area contributed by atoms with Crippen LogP contribution in [0.4, 0.5) is 0 Å². The highest BCUT2D eigenvalue weighted by Gasteiger charge is 2.28. The Labute approximate surface area is 98.9 Å². The Morgan fingerprint density at radius 2 is 2.31 bits per heavy atom. The van der Waals surface area contributed by atoms with Gasteiger partial charge in [0.2, 0.25) is 0 Å². The van der Waals surface area contributed by atoms with Crippen molar-refractivity contribution in [2.45, 2.75) is 18.9 Å². The number of allylic oxidation sites excluding steroid dienone is 1. The molecule has 3 rings (SSSR count). The summed E-state index contributed by atoms with van der Waals surface area (Å²) in [6.07, 6.45) is 8.06. The molecule has 2 nitrogen and oxygen atoms in total. The van der Waals surface area contributed by atoms with E-state index in [9.17, 15) is 4.79 Å². The Hall–Kier alpha value is -1.35. The van der Waals surface area contributed by atoms with Crippen molar-refractivity contribution in [3.05, 3.63) is 40.7 Å². The molecule has 0 aliphatic carbocycles. The fraction of sp³-hybridized carbons (Fsp3) is 0.308. The summed E-state index contributed by atoms with van der Waals surface area (Å²) in [7, 11) is 0. The zero-order valence-corrected chi connectivity index (χ0v) is 9.74. The molecule has 0 N–H and O–H groups in total. The zero-order chi connectivity index (χ0) is 11.0. The third kappa shape index (κ3) is 1.61. The highest BCUT2D eigenvalue weighted by molar-refractivity contribution is 7.11. The van der Waals surface area contributed by atoms with E-state index in [2.05, 4.69) is 17.1 Å². The summed E-state index contributed by atoms with van der Waals surface area (Å²) >= 11 is 1.64. The molecule has 82 valence electrons. The highest BCUT2D eigenvalue weighted by Crippen LogP contribution is 2.30. The first-order valence-electron chi connectivity index (χ1n) is 5.54. The summed E-state index contributed by atoms with van der Waals surface area (Å²) in [6.45, 7) is 0.937. The first-order valence-corrected chi connectivity index (χ1v) is 6.42. The number of nitrogens with zero attached hydrogens (tertiary/aromatic N) is 1. The largest absolute Gasteiger partial charge is 0.369 e. The van der Waals surface area contributed by atoms with Gasteiger partial charge >= 0.3 is 0 Å². The van der Waals surface area contributed by atoms with E-state index in [1.165, 1.54) is 0 Å². The molecule has 0 saturated heterocycles. The molecule has 16 heavy (non-hydrogen) atoms. The molecular formula is C13H13NOS. The fourth-order valence-electron chi connectivity index (χ4n) is 2.29. The van der Waals surface area contributed by atoms with Crippen molar-refractivity contribution in [2.75, 3.05) is 6.54 Å². The Morgan fingerprint density at radius 1 is 1.38 bits per heavy atom. The van der Waals surface area contributed by atoms with Gasteiger partial charge in [0.25, 0.3) is 0 Å². The van der Waals surface area contributed by atoms with Crippen molar-refractivity contribution >= 4 is 22.7 Å². The van der Waals surface area contributed by atoms with E-state index in [1.54, 1.807) is 11.3 Å². The predicted octanol–water partition coefficient (Wildman–Crippen LogP) is 2.69. The van der Waals surface area contributed by atoms with Gasteiger partial charge in [-0.25, -0.2) is 0 Å². The number of hydrogen-bond acceptors (Lipinski definition) is 3. The van der Waals surface area contributed by atoms with Gasteiger partial charge in [0, 0.05) is 30.1 Å². The number of rotatable bonds is 1. The number of ketones is 1. The first-order chi connectivity index (χ1) is 7.84. The van der Waals surface area contributed by atoms with Crippen molar-refractivity contribution in [1.82, 2.24) is 4.90 Å². The normalized spacial score (nSPS) is 24.2. The van der Waals surface area contributed by atoms with Crippen LogP contribution >= 0.6 is 11.3 Å². The standard InChI is InChI=1S/C13H13NOS/c15-12-8-10-4-1-2-6-14(10)9-11(12)13-5-3-7-16-13/h1-3,5,7,9-10H,4,6,8H2. The van der Waals surface area contributed by atoms with E-state index < -0.39 is 0 Å². The molecule has 0 spiro atoms. The quantitative estimate of drug-likeness (QED) is 0.693. The van der Waals surface area contributed by atoms with Crippen molar-refractivity contribution < 1.29 is 4.79 Å². The maximum atomic E-state index is 12.0. The molecule has 1 aromatic rings. The van der Waals surface area contributed by atoms with Crippen LogP contribution in [-0.2, 0) is 4.79 Å². The Balaban J connectivity index is 1.96. The topological polar surface area (TPSA) is 20.3 Å². The van der Waals surface area contributed by atoms with Crippen LogP contribution in [0, 0.1) is 0 Å². The van der Waals surface area contributed by atoms with E-state index in [-0.39, 0.29) is 0 Å². The summed E-state index contributed by atoms with van der Waals surface area (Å²) in [4.78, 5) is 15.4. The van der Waals surface area contributed by atoms with Gasteiger partial charge in [-0.3, -0.25) is 4.79 Å². The number of hydrogen-bond donors (Lipinski definition) is 0. The summed E-state index contributed by atoms with van der Waals surface area (Å²) < 4.78 is 0. The second-order valence-electron chi connectivity index (χ2n) is 4.21. The van der Waals surface area contributed by atoms with Crippen molar-refractivity contribution in [3.8, 4) is 0 Å². The Morgan fingerprint density at radius 3 is 3.12 bits per heavy atom. The second-order valence-corrected chi connectivity index (χ2v) is 5.15.